The standard InChI is InChI=1S/C14H18ClN3S/c1-4-16-9-11-6-5-7-12(15)14(11)19-13-8-10(2)17-18(13)3/h5-8,16H,4,9H2,1-3H3. The third-order valence-electron chi connectivity index (χ3n) is 2.78. The number of aromatic nitrogens is 2. The van der Waals surface area contributed by atoms with Gasteiger partial charge in [-0.15, -0.1) is 0 Å². The Kier molecular flexibility index (Phi) is 4.91. The molecular formula is C14H18ClN3S. The summed E-state index contributed by atoms with van der Waals surface area (Å²) in [6, 6.07) is 8.11. The Morgan fingerprint density at radius 1 is 1.42 bits per heavy atom. The Hall–Kier alpha value is -0.970. The van der Waals surface area contributed by atoms with Crippen molar-refractivity contribution >= 4 is 23.4 Å². The fourth-order valence-corrected chi connectivity index (χ4v) is 3.21. The minimum absolute atomic E-state index is 0.791. The second kappa shape index (κ2) is 6.46. The fraction of sp³-hybridized carbons (Fsp3) is 0.357. The third kappa shape index (κ3) is 3.53. The lowest BCUT2D eigenvalue weighted by atomic mass is 10.2. The lowest BCUT2D eigenvalue weighted by Crippen LogP contribution is -2.12. The van der Waals surface area contributed by atoms with Crippen LogP contribution in [0.4, 0.5) is 0 Å². The summed E-state index contributed by atoms with van der Waals surface area (Å²) in [6.45, 7) is 5.87. The van der Waals surface area contributed by atoms with Crippen LogP contribution in [0.5, 0.6) is 0 Å². The van der Waals surface area contributed by atoms with Crippen LogP contribution >= 0.6 is 23.4 Å². The van der Waals surface area contributed by atoms with Crippen LogP contribution < -0.4 is 5.32 Å². The molecule has 1 N–H and O–H groups in total. The number of benzene rings is 1. The second-order valence-electron chi connectivity index (χ2n) is 4.36. The van der Waals surface area contributed by atoms with E-state index < -0.39 is 0 Å². The summed E-state index contributed by atoms with van der Waals surface area (Å²) in [4.78, 5) is 1.10. The van der Waals surface area contributed by atoms with E-state index in [9.17, 15) is 0 Å². The van der Waals surface area contributed by atoms with E-state index >= 15 is 0 Å². The van der Waals surface area contributed by atoms with Gasteiger partial charge in [-0.3, -0.25) is 4.68 Å². The first-order chi connectivity index (χ1) is 9.11. The van der Waals surface area contributed by atoms with Crippen molar-refractivity contribution in [3.05, 3.63) is 40.5 Å². The van der Waals surface area contributed by atoms with E-state index in [1.165, 1.54) is 5.56 Å². The maximum absolute atomic E-state index is 6.34. The summed E-state index contributed by atoms with van der Waals surface area (Å²) < 4.78 is 1.89. The molecule has 0 radical (unpaired) electrons. The molecule has 0 spiro atoms. The Morgan fingerprint density at radius 3 is 2.84 bits per heavy atom. The van der Waals surface area contributed by atoms with Crippen molar-refractivity contribution < 1.29 is 0 Å². The molecule has 5 heteroatoms. The number of halogens is 1. The summed E-state index contributed by atoms with van der Waals surface area (Å²) in [5.74, 6) is 0. The van der Waals surface area contributed by atoms with E-state index in [1.807, 2.05) is 30.8 Å². The molecule has 0 fully saturated rings. The van der Waals surface area contributed by atoms with Crippen LogP contribution in [0.1, 0.15) is 18.2 Å². The first kappa shape index (κ1) is 14.4. The molecule has 0 aliphatic heterocycles. The molecule has 0 aliphatic rings. The van der Waals surface area contributed by atoms with Crippen LogP contribution in [0.3, 0.4) is 0 Å². The molecule has 0 amide bonds. The van der Waals surface area contributed by atoms with Gasteiger partial charge < -0.3 is 5.32 Å². The van der Waals surface area contributed by atoms with Gasteiger partial charge in [0.2, 0.25) is 0 Å². The number of hydrogen-bond donors (Lipinski definition) is 1. The summed E-state index contributed by atoms with van der Waals surface area (Å²) in [5, 5.41) is 9.60. The number of hydrogen-bond acceptors (Lipinski definition) is 3. The van der Waals surface area contributed by atoms with Gasteiger partial charge in [0.15, 0.2) is 0 Å². The van der Waals surface area contributed by atoms with E-state index in [0.717, 1.165) is 33.7 Å². The highest BCUT2D eigenvalue weighted by Gasteiger charge is 2.11. The molecule has 1 aromatic carbocycles. The predicted octanol–water partition coefficient (Wildman–Crippen LogP) is 3.64. The van der Waals surface area contributed by atoms with E-state index in [4.69, 9.17) is 11.6 Å². The zero-order valence-corrected chi connectivity index (χ0v) is 13.0. The van der Waals surface area contributed by atoms with Crippen molar-refractivity contribution in [1.82, 2.24) is 15.1 Å². The lowest BCUT2D eigenvalue weighted by molar-refractivity contribution is 0.691. The molecule has 2 rings (SSSR count). The van der Waals surface area contributed by atoms with E-state index in [-0.39, 0.29) is 0 Å². The van der Waals surface area contributed by atoms with Gasteiger partial charge in [0.1, 0.15) is 0 Å². The van der Waals surface area contributed by atoms with Crippen molar-refractivity contribution in [2.75, 3.05) is 6.54 Å². The Bertz CT molecular complexity index is 566. The molecule has 0 atom stereocenters. The number of aryl methyl sites for hydroxylation is 2. The van der Waals surface area contributed by atoms with Crippen LogP contribution in [0.25, 0.3) is 0 Å². The van der Waals surface area contributed by atoms with Crippen LogP contribution in [0, 0.1) is 6.92 Å². The quantitative estimate of drug-likeness (QED) is 0.913. The summed E-state index contributed by atoms with van der Waals surface area (Å²) in [7, 11) is 1.95. The zero-order chi connectivity index (χ0) is 13.8. The summed E-state index contributed by atoms with van der Waals surface area (Å²) in [5.41, 5.74) is 2.24. The lowest BCUT2D eigenvalue weighted by Gasteiger charge is -2.11. The van der Waals surface area contributed by atoms with E-state index in [0.29, 0.717) is 0 Å². The number of rotatable bonds is 5. The van der Waals surface area contributed by atoms with Gasteiger partial charge in [-0.2, -0.15) is 5.10 Å². The van der Waals surface area contributed by atoms with Gasteiger partial charge >= 0.3 is 0 Å². The smallest absolute Gasteiger partial charge is 0.0987 e. The number of nitrogens with zero attached hydrogens (tertiary/aromatic N) is 2. The highest BCUT2D eigenvalue weighted by Crippen LogP contribution is 2.36. The highest BCUT2D eigenvalue weighted by molar-refractivity contribution is 7.99. The van der Waals surface area contributed by atoms with Gasteiger partial charge in [0, 0.05) is 18.5 Å². The van der Waals surface area contributed by atoms with E-state index in [1.54, 1.807) is 11.8 Å². The van der Waals surface area contributed by atoms with Crippen molar-refractivity contribution in [3.63, 3.8) is 0 Å². The molecule has 0 saturated heterocycles. The Morgan fingerprint density at radius 2 is 2.21 bits per heavy atom. The van der Waals surface area contributed by atoms with Gasteiger partial charge in [-0.05, 0) is 31.2 Å². The molecule has 19 heavy (non-hydrogen) atoms. The molecule has 1 aromatic heterocycles. The van der Waals surface area contributed by atoms with Crippen molar-refractivity contribution in [2.24, 2.45) is 7.05 Å². The van der Waals surface area contributed by atoms with Crippen LogP contribution in [-0.4, -0.2) is 16.3 Å². The highest BCUT2D eigenvalue weighted by atomic mass is 35.5. The minimum atomic E-state index is 0.791. The molecule has 2 aromatic rings. The van der Waals surface area contributed by atoms with Crippen LogP contribution in [0.2, 0.25) is 5.02 Å². The maximum atomic E-state index is 6.34. The minimum Gasteiger partial charge on any atom is -0.313 e. The van der Waals surface area contributed by atoms with Gasteiger partial charge in [0.05, 0.1) is 15.7 Å². The fourth-order valence-electron chi connectivity index (χ4n) is 1.85. The van der Waals surface area contributed by atoms with Crippen LogP contribution in [0.15, 0.2) is 34.2 Å². The molecule has 1 heterocycles. The topological polar surface area (TPSA) is 29.9 Å². The molecule has 3 nitrogen and oxygen atoms in total. The Labute approximate surface area is 123 Å². The second-order valence-corrected chi connectivity index (χ2v) is 5.80. The van der Waals surface area contributed by atoms with Crippen LogP contribution in [-0.2, 0) is 13.6 Å². The average molecular weight is 296 g/mol. The van der Waals surface area contributed by atoms with Crippen molar-refractivity contribution in [3.8, 4) is 0 Å². The molecule has 0 unspecified atom stereocenters. The van der Waals surface area contributed by atoms with Gasteiger partial charge in [0.25, 0.3) is 0 Å². The zero-order valence-electron chi connectivity index (χ0n) is 11.4. The van der Waals surface area contributed by atoms with Crippen molar-refractivity contribution in [2.45, 2.75) is 30.3 Å². The molecule has 0 saturated carbocycles. The third-order valence-corrected chi connectivity index (χ3v) is 4.48. The molecule has 0 aliphatic carbocycles. The average Bonchev–Trinajstić information content (AvgIpc) is 2.68. The SMILES string of the molecule is CCNCc1cccc(Cl)c1Sc1cc(C)nn1C. The largest absolute Gasteiger partial charge is 0.313 e. The first-order valence-electron chi connectivity index (χ1n) is 6.28. The normalized spacial score (nSPS) is 10.9. The monoisotopic (exact) mass is 295 g/mol. The molecular weight excluding hydrogens is 278 g/mol. The van der Waals surface area contributed by atoms with Gasteiger partial charge in [-0.25, -0.2) is 0 Å². The van der Waals surface area contributed by atoms with Gasteiger partial charge in [-0.1, -0.05) is 42.4 Å². The Balaban J connectivity index is 2.30. The number of nitrogens with one attached hydrogen (secondary N) is 1. The first-order valence-corrected chi connectivity index (χ1v) is 7.48. The summed E-state index contributed by atoms with van der Waals surface area (Å²) >= 11 is 8.01. The summed E-state index contributed by atoms with van der Waals surface area (Å²) in [6.07, 6.45) is 0. The predicted molar refractivity (Wildman–Crippen MR) is 80.9 cm³/mol. The maximum Gasteiger partial charge on any atom is 0.0987 e. The van der Waals surface area contributed by atoms with E-state index in [2.05, 4.69) is 29.5 Å². The van der Waals surface area contributed by atoms with Crippen molar-refractivity contribution in [1.29, 1.82) is 0 Å². The molecule has 0 bridgehead atoms. The molecule has 102 valence electrons.